The van der Waals surface area contributed by atoms with E-state index in [1.54, 1.807) is 11.8 Å². The Bertz CT molecular complexity index is 555. The van der Waals surface area contributed by atoms with Gasteiger partial charge in [-0.1, -0.05) is 27.7 Å². The van der Waals surface area contributed by atoms with Gasteiger partial charge in [0.05, 0.1) is 12.0 Å². The third-order valence-corrected chi connectivity index (χ3v) is 8.96. The summed E-state index contributed by atoms with van der Waals surface area (Å²) in [6.45, 7) is 10.9. The normalized spacial score (nSPS) is 47.4. The number of rotatable bonds is 5. The summed E-state index contributed by atoms with van der Waals surface area (Å²) in [7, 11) is 0. The quantitative estimate of drug-likeness (QED) is 0.723. The standard InChI is InChI=1S/C21H36O5S/c1-12(2)20(5)10-8-15-13(3)6-7-16-14(4)18(27-11-9-17(22)23)25-19(26-20)21(15,16)24/h12-16,18-19,24H,6-11H2,1-5H3,(H,22,23)/t13-,14-,15+,16+,18+,19-,20+,21-/m1/s1. The number of ether oxygens (including phenoxy) is 2. The molecule has 2 N–H and O–H groups in total. The number of carbonyl (C=O) groups is 1. The van der Waals surface area contributed by atoms with E-state index in [2.05, 4.69) is 34.6 Å². The van der Waals surface area contributed by atoms with Gasteiger partial charge in [-0.15, -0.1) is 11.8 Å². The highest BCUT2D eigenvalue weighted by Gasteiger charge is 2.63. The molecule has 156 valence electrons. The summed E-state index contributed by atoms with van der Waals surface area (Å²) in [6, 6.07) is 0. The number of hydrogen-bond acceptors (Lipinski definition) is 5. The molecule has 2 aliphatic heterocycles. The maximum atomic E-state index is 12.0. The topological polar surface area (TPSA) is 76.0 Å². The Morgan fingerprint density at radius 3 is 2.56 bits per heavy atom. The van der Waals surface area contributed by atoms with E-state index >= 15 is 0 Å². The summed E-state index contributed by atoms with van der Waals surface area (Å²) in [4.78, 5) is 10.9. The van der Waals surface area contributed by atoms with Crippen molar-refractivity contribution in [3.8, 4) is 0 Å². The average Bonchev–Trinajstić information content (AvgIpc) is 2.69. The fourth-order valence-corrected chi connectivity index (χ4v) is 6.64. The Hall–Kier alpha value is -0.300. The van der Waals surface area contributed by atoms with Crippen LogP contribution in [0.4, 0.5) is 0 Å². The molecule has 1 aliphatic carbocycles. The summed E-state index contributed by atoms with van der Waals surface area (Å²) in [5, 5.41) is 20.9. The van der Waals surface area contributed by atoms with Crippen molar-refractivity contribution < 1.29 is 24.5 Å². The van der Waals surface area contributed by atoms with Crippen LogP contribution in [-0.2, 0) is 14.3 Å². The molecule has 0 amide bonds. The minimum absolute atomic E-state index is 0.126. The van der Waals surface area contributed by atoms with E-state index in [0.29, 0.717) is 17.6 Å². The summed E-state index contributed by atoms with van der Waals surface area (Å²) >= 11 is 1.55. The first-order chi connectivity index (χ1) is 12.6. The summed E-state index contributed by atoms with van der Waals surface area (Å²) in [5.41, 5.74) is -1.41. The average molecular weight is 401 g/mol. The molecule has 8 atom stereocenters. The lowest BCUT2D eigenvalue weighted by Crippen LogP contribution is -2.66. The van der Waals surface area contributed by atoms with Gasteiger partial charge in [0.15, 0.2) is 6.29 Å². The first-order valence-electron chi connectivity index (χ1n) is 10.5. The van der Waals surface area contributed by atoms with Gasteiger partial charge in [-0.25, -0.2) is 0 Å². The smallest absolute Gasteiger partial charge is 0.304 e. The van der Waals surface area contributed by atoms with Crippen LogP contribution in [0.3, 0.4) is 0 Å². The van der Waals surface area contributed by atoms with E-state index in [0.717, 1.165) is 25.7 Å². The van der Waals surface area contributed by atoms with Crippen LogP contribution in [0.15, 0.2) is 0 Å². The van der Waals surface area contributed by atoms with Crippen molar-refractivity contribution in [2.75, 3.05) is 5.75 Å². The fraction of sp³-hybridized carbons (Fsp3) is 0.952. The molecule has 1 saturated carbocycles. The first-order valence-corrected chi connectivity index (χ1v) is 11.5. The maximum Gasteiger partial charge on any atom is 0.304 e. The van der Waals surface area contributed by atoms with Gasteiger partial charge >= 0.3 is 5.97 Å². The van der Waals surface area contributed by atoms with Gasteiger partial charge in [0, 0.05) is 5.75 Å². The molecule has 0 aromatic carbocycles. The lowest BCUT2D eigenvalue weighted by atomic mass is 9.58. The van der Waals surface area contributed by atoms with Crippen molar-refractivity contribution in [1.82, 2.24) is 0 Å². The number of aliphatic hydroxyl groups is 1. The summed E-state index contributed by atoms with van der Waals surface area (Å²) in [5.74, 6) is 1.02. The van der Waals surface area contributed by atoms with Crippen LogP contribution in [0.2, 0.25) is 0 Å². The van der Waals surface area contributed by atoms with Gasteiger partial charge in [0.25, 0.3) is 0 Å². The molecule has 0 bridgehead atoms. The Kier molecular flexibility index (Phi) is 6.22. The lowest BCUT2D eigenvalue weighted by Gasteiger charge is -2.57. The monoisotopic (exact) mass is 400 g/mol. The molecule has 3 fully saturated rings. The minimum atomic E-state index is -0.951. The molecule has 5 nitrogen and oxygen atoms in total. The second-order valence-electron chi connectivity index (χ2n) is 9.49. The largest absolute Gasteiger partial charge is 0.481 e. The van der Waals surface area contributed by atoms with Crippen LogP contribution < -0.4 is 0 Å². The van der Waals surface area contributed by atoms with E-state index in [1.165, 1.54) is 0 Å². The Labute approximate surface area is 167 Å². The van der Waals surface area contributed by atoms with Crippen LogP contribution in [0.5, 0.6) is 0 Å². The van der Waals surface area contributed by atoms with E-state index in [4.69, 9.17) is 14.6 Å². The van der Waals surface area contributed by atoms with Crippen molar-refractivity contribution in [3.05, 3.63) is 0 Å². The molecule has 0 aromatic rings. The molecule has 27 heavy (non-hydrogen) atoms. The Balaban J connectivity index is 1.89. The van der Waals surface area contributed by atoms with Gasteiger partial charge in [0.2, 0.25) is 0 Å². The van der Waals surface area contributed by atoms with Crippen LogP contribution in [0, 0.1) is 29.6 Å². The Morgan fingerprint density at radius 1 is 1.22 bits per heavy atom. The molecule has 6 heteroatoms. The van der Waals surface area contributed by atoms with E-state index in [1.807, 2.05) is 0 Å². The molecule has 2 saturated heterocycles. The lowest BCUT2D eigenvalue weighted by molar-refractivity contribution is -0.345. The molecule has 0 aromatic heterocycles. The van der Waals surface area contributed by atoms with Gasteiger partial charge in [-0.2, -0.15) is 0 Å². The summed E-state index contributed by atoms with van der Waals surface area (Å²) in [6.07, 6.45) is 3.49. The number of carboxylic acid groups (broad SMARTS) is 1. The zero-order valence-corrected chi connectivity index (χ0v) is 18.1. The van der Waals surface area contributed by atoms with Crippen LogP contribution in [0.25, 0.3) is 0 Å². The van der Waals surface area contributed by atoms with Crippen molar-refractivity contribution in [1.29, 1.82) is 0 Å². The SMILES string of the molecule is CC(C)[C@]1(C)CC[C@H]2[C@H](C)CC[C@H]3[C@@H](C)[C@H](SCCC(=O)O)O[C@H](O1)[C@]32O. The first kappa shape index (κ1) is 21.4. The third kappa shape index (κ3) is 3.79. The van der Waals surface area contributed by atoms with Gasteiger partial charge in [0.1, 0.15) is 11.0 Å². The highest BCUT2D eigenvalue weighted by atomic mass is 32.2. The molecule has 0 unspecified atom stereocenters. The minimum Gasteiger partial charge on any atom is -0.481 e. The van der Waals surface area contributed by atoms with Gasteiger partial charge in [-0.05, 0) is 62.2 Å². The van der Waals surface area contributed by atoms with Crippen molar-refractivity contribution in [2.24, 2.45) is 29.6 Å². The van der Waals surface area contributed by atoms with E-state index in [-0.39, 0.29) is 35.2 Å². The molecule has 0 radical (unpaired) electrons. The number of aliphatic carboxylic acids is 1. The van der Waals surface area contributed by atoms with E-state index < -0.39 is 17.9 Å². The fourth-order valence-electron chi connectivity index (χ4n) is 5.45. The van der Waals surface area contributed by atoms with Gasteiger partial charge < -0.3 is 19.7 Å². The second-order valence-corrected chi connectivity index (χ2v) is 10.7. The molecule has 0 spiro atoms. The highest BCUT2D eigenvalue weighted by molar-refractivity contribution is 7.99. The molecular weight excluding hydrogens is 364 g/mol. The Morgan fingerprint density at radius 2 is 1.93 bits per heavy atom. The van der Waals surface area contributed by atoms with Crippen LogP contribution >= 0.6 is 11.8 Å². The predicted molar refractivity (Wildman–Crippen MR) is 106 cm³/mol. The number of thioether (sulfide) groups is 1. The van der Waals surface area contributed by atoms with E-state index in [9.17, 15) is 9.90 Å². The maximum absolute atomic E-state index is 12.0. The third-order valence-electron chi connectivity index (χ3n) is 7.65. The molecule has 3 aliphatic rings. The van der Waals surface area contributed by atoms with Crippen molar-refractivity contribution >= 4 is 17.7 Å². The van der Waals surface area contributed by atoms with Crippen LogP contribution in [0.1, 0.15) is 66.7 Å². The van der Waals surface area contributed by atoms with Gasteiger partial charge in [-0.3, -0.25) is 4.79 Å². The molecule has 2 heterocycles. The highest BCUT2D eigenvalue weighted by Crippen LogP contribution is 2.57. The van der Waals surface area contributed by atoms with Crippen LogP contribution in [-0.4, -0.2) is 44.9 Å². The zero-order valence-electron chi connectivity index (χ0n) is 17.3. The number of carboxylic acids is 1. The van der Waals surface area contributed by atoms with Crippen molar-refractivity contribution in [3.63, 3.8) is 0 Å². The predicted octanol–water partition coefficient (Wildman–Crippen LogP) is 4.13. The summed E-state index contributed by atoms with van der Waals surface area (Å²) < 4.78 is 13.0. The van der Waals surface area contributed by atoms with Crippen molar-refractivity contribution in [2.45, 2.75) is 89.7 Å². The number of hydrogen-bond donors (Lipinski definition) is 2. The molecule has 3 rings (SSSR count). The zero-order chi connectivity index (χ0) is 20.0. The molecular formula is C21H36O5S. The second kappa shape index (κ2) is 7.85.